The number of nitrogens with zero attached hydrogens (tertiary/aromatic N) is 2. The summed E-state index contributed by atoms with van der Waals surface area (Å²) in [5.74, 6) is 0.509. The van der Waals surface area contributed by atoms with Crippen LogP contribution in [0.3, 0.4) is 0 Å². The van der Waals surface area contributed by atoms with Gasteiger partial charge in [-0.2, -0.15) is 5.10 Å². The molecule has 0 fully saturated rings. The number of carbonyl (C=O) groups is 1. The van der Waals surface area contributed by atoms with E-state index in [-0.39, 0.29) is 5.78 Å². The Balaban J connectivity index is 2.01. The second-order valence-electron chi connectivity index (χ2n) is 5.97. The van der Waals surface area contributed by atoms with Crippen LogP contribution in [-0.2, 0) is 4.74 Å². The molecule has 1 unspecified atom stereocenters. The third-order valence-corrected chi connectivity index (χ3v) is 4.35. The highest BCUT2D eigenvalue weighted by molar-refractivity contribution is 6.46. The van der Waals surface area contributed by atoms with Gasteiger partial charge in [0.1, 0.15) is 17.0 Å². The van der Waals surface area contributed by atoms with Gasteiger partial charge in [-0.1, -0.05) is 55.1 Å². The summed E-state index contributed by atoms with van der Waals surface area (Å²) in [5, 5.41) is 6.44. The van der Waals surface area contributed by atoms with Gasteiger partial charge in [0.05, 0.1) is 12.8 Å². The van der Waals surface area contributed by atoms with E-state index in [2.05, 4.69) is 11.7 Å². The SMILES string of the molecule is C=C(OC)C1(C)CC(C(=O)c2ccccc2)=NN1c1ccccc1. The van der Waals surface area contributed by atoms with Gasteiger partial charge in [0, 0.05) is 12.0 Å². The fourth-order valence-corrected chi connectivity index (χ4v) is 2.90. The molecule has 0 radical (unpaired) electrons. The number of benzene rings is 2. The highest BCUT2D eigenvalue weighted by Crippen LogP contribution is 2.38. The number of hydrogen-bond donors (Lipinski definition) is 0. The molecule has 0 saturated carbocycles. The van der Waals surface area contributed by atoms with Crippen LogP contribution in [0.15, 0.2) is 78.1 Å². The van der Waals surface area contributed by atoms with E-state index >= 15 is 0 Å². The Morgan fingerprint density at radius 3 is 2.29 bits per heavy atom. The van der Waals surface area contributed by atoms with Crippen LogP contribution in [0.2, 0.25) is 0 Å². The molecule has 4 nitrogen and oxygen atoms in total. The number of ether oxygens (including phenoxy) is 1. The first-order valence-electron chi connectivity index (χ1n) is 7.82. The van der Waals surface area contributed by atoms with Crippen molar-refractivity contribution in [2.24, 2.45) is 5.10 Å². The number of methoxy groups -OCH3 is 1. The molecular weight excluding hydrogens is 300 g/mol. The minimum Gasteiger partial charge on any atom is -0.499 e. The number of ketones is 1. The number of hydrogen-bond acceptors (Lipinski definition) is 4. The second-order valence-corrected chi connectivity index (χ2v) is 5.97. The number of rotatable bonds is 5. The van der Waals surface area contributed by atoms with Crippen molar-refractivity contribution in [3.05, 3.63) is 78.6 Å². The van der Waals surface area contributed by atoms with Gasteiger partial charge < -0.3 is 4.74 Å². The van der Waals surface area contributed by atoms with Crippen LogP contribution in [0.1, 0.15) is 23.7 Å². The summed E-state index contributed by atoms with van der Waals surface area (Å²) in [6.07, 6.45) is 0.447. The third-order valence-electron chi connectivity index (χ3n) is 4.35. The first-order valence-corrected chi connectivity index (χ1v) is 7.82. The number of hydrazone groups is 1. The van der Waals surface area contributed by atoms with E-state index in [1.165, 1.54) is 0 Å². The van der Waals surface area contributed by atoms with E-state index < -0.39 is 5.54 Å². The molecule has 2 aromatic carbocycles. The van der Waals surface area contributed by atoms with Crippen molar-refractivity contribution < 1.29 is 9.53 Å². The Morgan fingerprint density at radius 1 is 1.12 bits per heavy atom. The predicted octanol–water partition coefficient (Wildman–Crippen LogP) is 4.05. The topological polar surface area (TPSA) is 41.9 Å². The van der Waals surface area contributed by atoms with Crippen molar-refractivity contribution in [1.82, 2.24) is 0 Å². The molecule has 24 heavy (non-hydrogen) atoms. The van der Waals surface area contributed by atoms with Crippen molar-refractivity contribution in [2.45, 2.75) is 18.9 Å². The largest absolute Gasteiger partial charge is 0.499 e. The van der Waals surface area contributed by atoms with Crippen LogP contribution in [0, 0.1) is 0 Å². The van der Waals surface area contributed by atoms with Gasteiger partial charge in [-0.3, -0.25) is 9.80 Å². The summed E-state index contributed by atoms with van der Waals surface area (Å²) >= 11 is 0. The molecule has 0 spiro atoms. The van der Waals surface area contributed by atoms with Crippen molar-refractivity contribution in [2.75, 3.05) is 12.1 Å². The zero-order valence-corrected chi connectivity index (χ0v) is 13.9. The van der Waals surface area contributed by atoms with Gasteiger partial charge >= 0.3 is 0 Å². The molecule has 1 atom stereocenters. The molecule has 122 valence electrons. The van der Waals surface area contributed by atoms with Gasteiger partial charge in [-0.15, -0.1) is 0 Å². The Labute approximate surface area is 142 Å². The van der Waals surface area contributed by atoms with Crippen molar-refractivity contribution in [3.8, 4) is 0 Å². The molecule has 0 aromatic heterocycles. The Bertz CT molecular complexity index is 784. The molecule has 0 aliphatic carbocycles. The molecule has 1 heterocycles. The zero-order chi connectivity index (χ0) is 17.2. The summed E-state index contributed by atoms with van der Waals surface area (Å²) in [7, 11) is 1.59. The van der Waals surface area contributed by atoms with E-state index in [4.69, 9.17) is 4.74 Å². The monoisotopic (exact) mass is 320 g/mol. The molecule has 1 aliphatic rings. The van der Waals surface area contributed by atoms with Crippen molar-refractivity contribution >= 4 is 17.2 Å². The number of carbonyl (C=O) groups excluding carboxylic acids is 1. The van der Waals surface area contributed by atoms with Gasteiger partial charge in [0.25, 0.3) is 0 Å². The molecule has 1 aliphatic heterocycles. The highest BCUT2D eigenvalue weighted by Gasteiger charge is 2.44. The molecule has 4 heteroatoms. The number of Topliss-reactive ketones (excluding diaryl/α,β-unsaturated/α-hetero) is 1. The van der Waals surface area contributed by atoms with Crippen LogP contribution in [0.25, 0.3) is 0 Å². The minimum atomic E-state index is -0.601. The van der Waals surface area contributed by atoms with Crippen molar-refractivity contribution in [1.29, 1.82) is 0 Å². The Hall–Kier alpha value is -2.88. The first kappa shape index (κ1) is 16.0. The first-order chi connectivity index (χ1) is 11.6. The molecular formula is C20H20N2O2. The van der Waals surface area contributed by atoms with E-state index in [1.807, 2.05) is 60.5 Å². The van der Waals surface area contributed by atoms with Crippen LogP contribution in [0.5, 0.6) is 0 Å². The second kappa shape index (κ2) is 6.32. The molecule has 0 N–H and O–H groups in total. The maximum absolute atomic E-state index is 12.8. The number of para-hydroxylation sites is 1. The van der Waals surface area contributed by atoms with Crippen LogP contribution < -0.4 is 5.01 Å². The lowest BCUT2D eigenvalue weighted by molar-refractivity contribution is 0.106. The summed E-state index contributed by atoms with van der Waals surface area (Å²) < 4.78 is 5.40. The van der Waals surface area contributed by atoms with E-state index in [0.29, 0.717) is 23.5 Å². The lowest BCUT2D eigenvalue weighted by Crippen LogP contribution is -2.42. The average molecular weight is 320 g/mol. The summed E-state index contributed by atoms with van der Waals surface area (Å²) in [5.41, 5.74) is 1.44. The van der Waals surface area contributed by atoms with Gasteiger partial charge in [0.2, 0.25) is 5.78 Å². The van der Waals surface area contributed by atoms with Crippen LogP contribution in [-0.4, -0.2) is 24.1 Å². The summed E-state index contributed by atoms with van der Waals surface area (Å²) in [6, 6.07) is 19.0. The lowest BCUT2D eigenvalue weighted by Gasteiger charge is -2.34. The molecule has 2 aromatic rings. The summed E-state index contributed by atoms with van der Waals surface area (Å²) in [4.78, 5) is 12.8. The third kappa shape index (κ3) is 2.71. The highest BCUT2D eigenvalue weighted by atomic mass is 16.5. The normalized spacial score (nSPS) is 19.8. The van der Waals surface area contributed by atoms with Gasteiger partial charge in [0.15, 0.2) is 0 Å². The quantitative estimate of drug-likeness (QED) is 0.616. The van der Waals surface area contributed by atoms with Gasteiger partial charge in [-0.05, 0) is 19.1 Å². The fraction of sp³-hybridized carbons (Fsp3) is 0.200. The molecule has 0 saturated heterocycles. The Kier molecular flexibility index (Phi) is 4.21. The minimum absolute atomic E-state index is 0.0656. The standard InChI is InChI=1S/C20H20N2O2/c1-15(24-3)20(2)14-18(19(23)16-10-6-4-7-11-16)21-22(20)17-12-8-5-9-13-17/h4-13H,1,14H2,2-3H3. The Morgan fingerprint density at radius 2 is 1.71 bits per heavy atom. The van der Waals surface area contributed by atoms with E-state index in [9.17, 15) is 4.79 Å². The summed E-state index contributed by atoms with van der Waals surface area (Å²) in [6.45, 7) is 6.01. The van der Waals surface area contributed by atoms with E-state index in [1.54, 1.807) is 19.2 Å². The molecule has 3 rings (SSSR count). The number of anilines is 1. The molecule has 0 bridgehead atoms. The van der Waals surface area contributed by atoms with Crippen LogP contribution in [0.4, 0.5) is 5.69 Å². The fourth-order valence-electron chi connectivity index (χ4n) is 2.90. The van der Waals surface area contributed by atoms with Crippen LogP contribution >= 0.6 is 0 Å². The van der Waals surface area contributed by atoms with Gasteiger partial charge in [-0.25, -0.2) is 0 Å². The maximum atomic E-state index is 12.8. The molecule has 0 amide bonds. The zero-order valence-electron chi connectivity index (χ0n) is 13.9. The lowest BCUT2D eigenvalue weighted by atomic mass is 9.90. The average Bonchev–Trinajstić information content (AvgIpc) is 3.00. The predicted molar refractivity (Wildman–Crippen MR) is 96.3 cm³/mol. The van der Waals surface area contributed by atoms with Crippen molar-refractivity contribution in [3.63, 3.8) is 0 Å². The van der Waals surface area contributed by atoms with E-state index in [0.717, 1.165) is 5.69 Å². The maximum Gasteiger partial charge on any atom is 0.209 e. The smallest absolute Gasteiger partial charge is 0.209 e.